The number of aromatic hydroxyl groups is 2. The van der Waals surface area contributed by atoms with Crippen LogP contribution in [0.3, 0.4) is 0 Å². The number of esters is 2. The van der Waals surface area contributed by atoms with Gasteiger partial charge in [-0.15, -0.1) is 0 Å². The van der Waals surface area contributed by atoms with Gasteiger partial charge in [-0.2, -0.15) is 0 Å². The lowest BCUT2D eigenvalue weighted by molar-refractivity contribution is -0.154. The van der Waals surface area contributed by atoms with E-state index in [-0.39, 0.29) is 71.9 Å². The molecule has 2 rings (SSSR count). The zero-order valence-electron chi connectivity index (χ0n) is 34.3. The molecular weight excluding hydrogens is 644 g/mol. The van der Waals surface area contributed by atoms with E-state index in [0.29, 0.717) is 30.9 Å². The summed E-state index contributed by atoms with van der Waals surface area (Å²) in [6, 6.07) is 7.98. The molecule has 0 aliphatic rings. The molecule has 0 radical (unpaired) electrons. The molecule has 2 aromatic carbocycles. The van der Waals surface area contributed by atoms with Crippen molar-refractivity contribution in [1.29, 1.82) is 0 Å². The summed E-state index contributed by atoms with van der Waals surface area (Å²) in [6.45, 7) is 31.0. The normalized spacial score (nSPS) is 14.6. The first-order valence-electron chi connectivity index (χ1n) is 18.5. The molecule has 3 unspecified atom stereocenters. The van der Waals surface area contributed by atoms with Crippen LogP contribution in [0.2, 0.25) is 0 Å². The van der Waals surface area contributed by atoms with Crippen LogP contribution in [0, 0.1) is 0 Å². The Morgan fingerprint density at radius 3 is 1.20 bits per heavy atom. The average molecular weight is 713 g/mol. The molecule has 288 valence electrons. The van der Waals surface area contributed by atoms with Crippen molar-refractivity contribution in [3.8, 4) is 11.5 Å². The molecule has 0 aromatic heterocycles. The molecule has 2 aromatic rings. The number of aryl methyl sites for hydroxylation is 2. The van der Waals surface area contributed by atoms with Crippen molar-refractivity contribution in [3.05, 3.63) is 57.6 Å². The maximum atomic E-state index is 12.7. The van der Waals surface area contributed by atoms with E-state index >= 15 is 0 Å². The fraction of sp³-hybridized carbons (Fsp3) is 0.674. The van der Waals surface area contributed by atoms with Crippen molar-refractivity contribution in [2.75, 3.05) is 19.8 Å². The highest BCUT2D eigenvalue weighted by atomic mass is 16.6. The largest absolute Gasteiger partial charge is 0.507 e. The molecule has 0 aliphatic heterocycles. The molecule has 0 fully saturated rings. The molecule has 51 heavy (non-hydrogen) atoms. The van der Waals surface area contributed by atoms with Crippen molar-refractivity contribution in [2.24, 2.45) is 0 Å². The monoisotopic (exact) mass is 712 g/mol. The lowest BCUT2D eigenvalue weighted by atomic mass is 9.78. The van der Waals surface area contributed by atoms with Crippen molar-refractivity contribution < 1.29 is 38.7 Å². The van der Waals surface area contributed by atoms with Gasteiger partial charge in [-0.05, 0) is 88.7 Å². The van der Waals surface area contributed by atoms with E-state index in [1.165, 1.54) is 0 Å². The summed E-state index contributed by atoms with van der Waals surface area (Å²) >= 11 is 0. The van der Waals surface area contributed by atoms with E-state index in [9.17, 15) is 19.8 Å². The van der Waals surface area contributed by atoms with Gasteiger partial charge in [0.05, 0.1) is 25.4 Å². The fourth-order valence-electron chi connectivity index (χ4n) is 5.75. The van der Waals surface area contributed by atoms with Gasteiger partial charge in [0.2, 0.25) is 0 Å². The Balaban J connectivity index is 1.77. The van der Waals surface area contributed by atoms with Crippen molar-refractivity contribution in [3.63, 3.8) is 0 Å². The first-order chi connectivity index (χ1) is 23.2. The third-order valence-electron chi connectivity index (χ3n) is 8.85. The first-order valence-corrected chi connectivity index (χ1v) is 18.5. The molecule has 0 aliphatic carbocycles. The minimum atomic E-state index is -0.430. The molecular formula is C43H68O8. The number of hydrogen-bond donors (Lipinski definition) is 2. The minimum absolute atomic E-state index is 0.130. The molecule has 0 heterocycles. The van der Waals surface area contributed by atoms with Gasteiger partial charge < -0.3 is 29.2 Å². The Hall–Kier alpha value is -3.10. The zero-order chi connectivity index (χ0) is 39.1. The standard InChI is InChI=1S/C43H68O8/c1-27(49-26-29(3)51-37(45)19-17-31-22-34(42(10,11)12)39(47)35(23-31)43(13,14)15)24-48-28(2)25-50-36(44)18-16-30-20-32(40(4,5)6)38(46)33(21-30)41(7,8)9/h20-23,27-29,46-47H,16-19,24-26H2,1-15H3. The number of ether oxygens (including phenoxy) is 4. The van der Waals surface area contributed by atoms with Gasteiger partial charge >= 0.3 is 11.9 Å². The lowest BCUT2D eigenvalue weighted by Gasteiger charge is -2.28. The Bertz CT molecular complexity index is 1390. The van der Waals surface area contributed by atoms with Crippen molar-refractivity contribution in [2.45, 2.75) is 170 Å². The topological polar surface area (TPSA) is 112 Å². The maximum absolute atomic E-state index is 12.7. The molecule has 0 saturated heterocycles. The molecule has 8 heteroatoms. The van der Waals surface area contributed by atoms with Gasteiger partial charge in [0.1, 0.15) is 24.2 Å². The second kappa shape index (κ2) is 17.6. The first kappa shape index (κ1) is 44.1. The Kier molecular flexibility index (Phi) is 15.2. The second-order valence-electron chi connectivity index (χ2n) is 18.4. The van der Waals surface area contributed by atoms with Gasteiger partial charge in [0.25, 0.3) is 0 Å². The lowest BCUT2D eigenvalue weighted by Crippen LogP contribution is -2.28. The quantitative estimate of drug-likeness (QED) is 0.176. The van der Waals surface area contributed by atoms with Crippen LogP contribution >= 0.6 is 0 Å². The molecule has 3 atom stereocenters. The van der Waals surface area contributed by atoms with E-state index in [2.05, 4.69) is 83.1 Å². The second-order valence-corrected chi connectivity index (χ2v) is 18.4. The van der Waals surface area contributed by atoms with Crippen LogP contribution in [0.25, 0.3) is 0 Å². The third kappa shape index (κ3) is 14.1. The van der Waals surface area contributed by atoms with Crippen LogP contribution in [-0.4, -0.2) is 60.3 Å². The molecule has 2 N–H and O–H groups in total. The summed E-state index contributed by atoms with van der Waals surface area (Å²) < 4.78 is 22.8. The Morgan fingerprint density at radius 1 is 0.529 bits per heavy atom. The summed E-state index contributed by atoms with van der Waals surface area (Å²) in [5, 5.41) is 21.9. The summed E-state index contributed by atoms with van der Waals surface area (Å²) in [7, 11) is 0. The predicted molar refractivity (Wildman–Crippen MR) is 205 cm³/mol. The van der Waals surface area contributed by atoms with E-state index < -0.39 is 6.10 Å². The van der Waals surface area contributed by atoms with Gasteiger partial charge in [0, 0.05) is 12.8 Å². The van der Waals surface area contributed by atoms with Crippen LogP contribution in [0.4, 0.5) is 0 Å². The number of carbonyl (C=O) groups is 2. The van der Waals surface area contributed by atoms with Crippen LogP contribution in [0.15, 0.2) is 24.3 Å². The summed E-state index contributed by atoms with van der Waals surface area (Å²) in [5.74, 6) is 0.0464. The van der Waals surface area contributed by atoms with Crippen LogP contribution in [-0.2, 0) is 63.0 Å². The van der Waals surface area contributed by atoms with Crippen molar-refractivity contribution >= 4 is 11.9 Å². The smallest absolute Gasteiger partial charge is 0.306 e. The molecule has 8 nitrogen and oxygen atoms in total. The zero-order valence-corrected chi connectivity index (χ0v) is 34.3. The predicted octanol–water partition coefficient (Wildman–Crippen LogP) is 9.14. The number of phenolic OH excluding ortho intramolecular Hbond substituents is 2. The van der Waals surface area contributed by atoms with Gasteiger partial charge in [-0.3, -0.25) is 9.59 Å². The molecule has 0 spiro atoms. The van der Waals surface area contributed by atoms with E-state index in [1.807, 2.05) is 38.1 Å². The summed E-state index contributed by atoms with van der Waals surface area (Å²) in [5.41, 5.74) is 4.54. The number of benzene rings is 2. The highest BCUT2D eigenvalue weighted by Crippen LogP contribution is 2.41. The molecule has 0 saturated carbocycles. The van der Waals surface area contributed by atoms with E-state index in [4.69, 9.17) is 18.9 Å². The third-order valence-corrected chi connectivity index (χ3v) is 8.85. The van der Waals surface area contributed by atoms with Gasteiger partial charge in [-0.1, -0.05) is 107 Å². The Morgan fingerprint density at radius 2 is 0.843 bits per heavy atom. The fourth-order valence-corrected chi connectivity index (χ4v) is 5.75. The van der Waals surface area contributed by atoms with E-state index in [0.717, 1.165) is 33.4 Å². The maximum Gasteiger partial charge on any atom is 0.306 e. The van der Waals surface area contributed by atoms with Crippen LogP contribution < -0.4 is 0 Å². The highest BCUT2D eigenvalue weighted by molar-refractivity contribution is 5.70. The van der Waals surface area contributed by atoms with Crippen LogP contribution in [0.1, 0.15) is 150 Å². The van der Waals surface area contributed by atoms with Gasteiger partial charge in [0.15, 0.2) is 0 Å². The van der Waals surface area contributed by atoms with E-state index in [1.54, 1.807) is 6.92 Å². The molecule has 0 bridgehead atoms. The minimum Gasteiger partial charge on any atom is -0.507 e. The average Bonchev–Trinajstić information content (AvgIpc) is 2.98. The molecule has 0 amide bonds. The summed E-state index contributed by atoms with van der Waals surface area (Å²) in [4.78, 5) is 25.3. The number of carbonyl (C=O) groups excluding carboxylic acids is 2. The van der Waals surface area contributed by atoms with Crippen LogP contribution in [0.5, 0.6) is 11.5 Å². The number of hydrogen-bond acceptors (Lipinski definition) is 8. The highest BCUT2D eigenvalue weighted by Gasteiger charge is 2.28. The number of rotatable bonds is 15. The summed E-state index contributed by atoms with van der Waals surface area (Å²) in [6.07, 6.45) is 0.479. The van der Waals surface area contributed by atoms with Crippen molar-refractivity contribution in [1.82, 2.24) is 0 Å². The Labute approximate surface area is 308 Å². The SMILES string of the molecule is CC(COC(=O)CCc1cc(C(C)(C)C)c(O)c(C(C)(C)C)c1)OCC(C)OCC(C)OC(=O)CCc1cc(C(C)(C)C)c(O)c(C(C)(C)C)c1. The number of phenols is 2. The van der Waals surface area contributed by atoms with Gasteiger partial charge in [-0.25, -0.2) is 0 Å².